The number of nitrogens with zero attached hydrogens (tertiary/aromatic N) is 2. The minimum absolute atomic E-state index is 0.117. The molecule has 0 atom stereocenters. The van der Waals surface area contributed by atoms with Crippen molar-refractivity contribution in [3.05, 3.63) is 11.1 Å². The van der Waals surface area contributed by atoms with Crippen LogP contribution in [0.15, 0.2) is 5.38 Å². The molecule has 1 amide bonds. The van der Waals surface area contributed by atoms with Crippen molar-refractivity contribution in [1.82, 2.24) is 9.88 Å². The van der Waals surface area contributed by atoms with E-state index >= 15 is 0 Å². The summed E-state index contributed by atoms with van der Waals surface area (Å²) < 4.78 is 4.81. The number of thiazole rings is 1. The lowest BCUT2D eigenvalue weighted by Crippen LogP contribution is -2.20. The molecule has 0 aliphatic carbocycles. The Labute approximate surface area is 110 Å². The molecule has 0 fully saturated rings. The molecule has 0 saturated carbocycles. The first kappa shape index (κ1) is 14.6. The molecule has 1 rings (SSSR count). The highest BCUT2D eigenvalue weighted by Gasteiger charge is 2.13. The normalized spacial score (nSPS) is 10.4. The number of carbonyl (C=O) groups excluding carboxylic acids is 2. The Kier molecular flexibility index (Phi) is 5.73. The van der Waals surface area contributed by atoms with Gasteiger partial charge in [0, 0.05) is 18.3 Å². The molecule has 1 aromatic rings. The molecule has 0 saturated heterocycles. The van der Waals surface area contributed by atoms with Gasteiger partial charge in [-0.2, -0.15) is 0 Å². The van der Waals surface area contributed by atoms with Crippen LogP contribution >= 0.6 is 11.3 Å². The molecule has 7 heteroatoms. The quantitative estimate of drug-likeness (QED) is 0.787. The van der Waals surface area contributed by atoms with E-state index in [-0.39, 0.29) is 11.6 Å². The van der Waals surface area contributed by atoms with Crippen molar-refractivity contribution in [2.75, 3.05) is 32.6 Å². The number of hydrogen-bond donors (Lipinski definition) is 1. The van der Waals surface area contributed by atoms with Crippen LogP contribution in [0.1, 0.15) is 23.8 Å². The number of nitrogens with one attached hydrogen (secondary N) is 1. The van der Waals surface area contributed by atoms with E-state index in [0.29, 0.717) is 24.7 Å². The highest BCUT2D eigenvalue weighted by Crippen LogP contribution is 2.16. The third-order valence-corrected chi connectivity index (χ3v) is 2.78. The minimum atomic E-state index is -0.470. The van der Waals surface area contributed by atoms with Crippen molar-refractivity contribution >= 4 is 28.3 Å². The monoisotopic (exact) mass is 271 g/mol. The van der Waals surface area contributed by atoms with Gasteiger partial charge in [-0.05, 0) is 21.0 Å². The van der Waals surface area contributed by atoms with Gasteiger partial charge in [0.05, 0.1) is 6.61 Å². The van der Waals surface area contributed by atoms with Crippen LogP contribution in [0.4, 0.5) is 5.13 Å². The van der Waals surface area contributed by atoms with Gasteiger partial charge in [-0.25, -0.2) is 9.78 Å². The van der Waals surface area contributed by atoms with Crippen molar-refractivity contribution in [2.24, 2.45) is 0 Å². The van der Waals surface area contributed by atoms with Gasteiger partial charge in [0.25, 0.3) is 0 Å². The molecule has 0 unspecified atom stereocenters. The first-order valence-corrected chi connectivity index (χ1v) is 6.48. The summed E-state index contributed by atoms with van der Waals surface area (Å²) in [5, 5.41) is 4.64. The molecule has 6 nitrogen and oxygen atoms in total. The number of esters is 1. The van der Waals surface area contributed by atoms with Gasteiger partial charge >= 0.3 is 5.97 Å². The van der Waals surface area contributed by atoms with Crippen LogP contribution in [0.5, 0.6) is 0 Å². The summed E-state index contributed by atoms with van der Waals surface area (Å²) in [4.78, 5) is 28.8. The molecule has 0 aromatic carbocycles. The summed E-state index contributed by atoms with van der Waals surface area (Å²) in [5.74, 6) is -0.587. The number of anilines is 1. The molecule has 0 spiro atoms. The maximum absolute atomic E-state index is 11.5. The summed E-state index contributed by atoms with van der Waals surface area (Å²) in [6.07, 6.45) is 0.390. The molecule has 0 aliphatic rings. The Balaban J connectivity index is 2.48. The molecular weight excluding hydrogens is 254 g/mol. The topological polar surface area (TPSA) is 71.5 Å². The third kappa shape index (κ3) is 4.80. The summed E-state index contributed by atoms with van der Waals surface area (Å²) in [7, 11) is 3.80. The van der Waals surface area contributed by atoms with Gasteiger partial charge in [-0.1, -0.05) is 0 Å². The Morgan fingerprint density at radius 2 is 2.22 bits per heavy atom. The first-order chi connectivity index (χ1) is 8.52. The fourth-order valence-corrected chi connectivity index (χ4v) is 1.83. The van der Waals surface area contributed by atoms with E-state index in [4.69, 9.17) is 4.74 Å². The second-order valence-corrected chi connectivity index (χ2v) is 4.72. The molecule has 0 radical (unpaired) electrons. The van der Waals surface area contributed by atoms with Crippen LogP contribution in [0, 0.1) is 0 Å². The zero-order valence-electron chi connectivity index (χ0n) is 10.7. The van der Waals surface area contributed by atoms with Gasteiger partial charge in [0.15, 0.2) is 10.8 Å². The van der Waals surface area contributed by atoms with Gasteiger partial charge < -0.3 is 15.0 Å². The summed E-state index contributed by atoms with van der Waals surface area (Å²) in [6.45, 7) is 2.71. The van der Waals surface area contributed by atoms with Crippen molar-refractivity contribution < 1.29 is 14.3 Å². The minimum Gasteiger partial charge on any atom is -0.461 e. The third-order valence-electron chi connectivity index (χ3n) is 2.02. The molecular formula is C11H17N3O3S. The van der Waals surface area contributed by atoms with E-state index in [0.717, 1.165) is 0 Å². The summed E-state index contributed by atoms with van der Waals surface area (Å²) in [5.41, 5.74) is 0.227. The van der Waals surface area contributed by atoms with E-state index in [1.54, 1.807) is 12.3 Å². The van der Waals surface area contributed by atoms with Gasteiger partial charge in [0.1, 0.15) is 0 Å². The lowest BCUT2D eigenvalue weighted by Gasteiger charge is -2.08. The van der Waals surface area contributed by atoms with E-state index < -0.39 is 5.97 Å². The average molecular weight is 271 g/mol. The number of hydrogen-bond acceptors (Lipinski definition) is 6. The number of rotatable bonds is 6. The predicted octanol–water partition coefficient (Wildman–Crippen LogP) is 1.21. The van der Waals surface area contributed by atoms with Crippen LogP contribution in [-0.2, 0) is 9.53 Å². The largest absolute Gasteiger partial charge is 0.461 e. The molecule has 0 aliphatic heterocycles. The fourth-order valence-electron chi connectivity index (χ4n) is 1.14. The Hall–Kier alpha value is -1.47. The Morgan fingerprint density at radius 3 is 2.83 bits per heavy atom. The highest BCUT2D eigenvalue weighted by molar-refractivity contribution is 7.14. The lowest BCUT2D eigenvalue weighted by atomic mass is 10.4. The zero-order valence-corrected chi connectivity index (χ0v) is 11.5. The van der Waals surface area contributed by atoms with Crippen molar-refractivity contribution in [3.63, 3.8) is 0 Å². The molecule has 1 heterocycles. The number of aromatic nitrogens is 1. The maximum atomic E-state index is 11.5. The van der Waals surface area contributed by atoms with Crippen LogP contribution in [0.2, 0.25) is 0 Å². The number of amides is 1. The van der Waals surface area contributed by atoms with Crippen molar-refractivity contribution in [3.8, 4) is 0 Å². The standard InChI is InChI=1S/C11H17N3O3S/c1-4-17-10(16)8-7-18-11(12-8)13-9(15)5-6-14(2)3/h7H,4-6H2,1-3H3,(H,12,13,15). The summed E-state index contributed by atoms with van der Waals surface area (Å²) >= 11 is 1.21. The van der Waals surface area contributed by atoms with E-state index in [1.807, 2.05) is 19.0 Å². The molecule has 1 N–H and O–H groups in total. The number of ether oxygens (including phenoxy) is 1. The first-order valence-electron chi connectivity index (χ1n) is 5.60. The van der Waals surface area contributed by atoms with Gasteiger partial charge in [0.2, 0.25) is 5.91 Å². The maximum Gasteiger partial charge on any atom is 0.357 e. The van der Waals surface area contributed by atoms with E-state index in [9.17, 15) is 9.59 Å². The second-order valence-electron chi connectivity index (χ2n) is 3.86. The van der Waals surface area contributed by atoms with Crippen molar-refractivity contribution in [2.45, 2.75) is 13.3 Å². The smallest absolute Gasteiger partial charge is 0.357 e. The van der Waals surface area contributed by atoms with Crippen LogP contribution in [0.25, 0.3) is 0 Å². The molecule has 1 aromatic heterocycles. The SMILES string of the molecule is CCOC(=O)c1csc(NC(=O)CCN(C)C)n1. The zero-order chi connectivity index (χ0) is 13.5. The van der Waals surface area contributed by atoms with Crippen LogP contribution < -0.4 is 5.32 Å². The molecule has 100 valence electrons. The van der Waals surface area contributed by atoms with Crippen LogP contribution in [0.3, 0.4) is 0 Å². The Morgan fingerprint density at radius 1 is 1.50 bits per heavy atom. The fraction of sp³-hybridized carbons (Fsp3) is 0.545. The average Bonchev–Trinajstić information content (AvgIpc) is 2.75. The lowest BCUT2D eigenvalue weighted by molar-refractivity contribution is -0.116. The summed E-state index contributed by atoms with van der Waals surface area (Å²) in [6, 6.07) is 0. The van der Waals surface area contributed by atoms with E-state index in [1.165, 1.54) is 11.3 Å². The van der Waals surface area contributed by atoms with Crippen LogP contribution in [-0.4, -0.2) is 49.0 Å². The van der Waals surface area contributed by atoms with Gasteiger partial charge in [-0.3, -0.25) is 4.79 Å². The molecule has 18 heavy (non-hydrogen) atoms. The van der Waals surface area contributed by atoms with Crippen molar-refractivity contribution in [1.29, 1.82) is 0 Å². The second kappa shape index (κ2) is 7.07. The number of carbonyl (C=O) groups is 2. The van der Waals surface area contributed by atoms with E-state index in [2.05, 4.69) is 10.3 Å². The highest BCUT2D eigenvalue weighted by atomic mass is 32.1. The molecule has 0 bridgehead atoms. The van der Waals surface area contributed by atoms with Gasteiger partial charge in [-0.15, -0.1) is 11.3 Å². The predicted molar refractivity (Wildman–Crippen MR) is 69.9 cm³/mol. The Bertz CT molecular complexity index is 417.